The number of hydrogen-bond acceptors (Lipinski definition) is 8. The van der Waals surface area contributed by atoms with Crippen molar-refractivity contribution in [1.29, 1.82) is 0 Å². The molecule has 0 saturated heterocycles. The first kappa shape index (κ1) is 39.8. The molecule has 266 valence electrons. The molecule has 5 amide bonds. The van der Waals surface area contributed by atoms with Gasteiger partial charge in [-0.3, -0.25) is 24.2 Å². The molecule has 2 aromatic rings. The zero-order valence-electron chi connectivity index (χ0n) is 29.5. The Bertz CT molecular complexity index is 1400. The average molecular weight is 690 g/mol. The predicted molar refractivity (Wildman–Crippen MR) is 186 cm³/mol. The van der Waals surface area contributed by atoms with Crippen LogP contribution in [0.4, 0.5) is 20.4 Å². The maximum absolute atomic E-state index is 13.1. The summed E-state index contributed by atoms with van der Waals surface area (Å²) in [5, 5.41) is 29.2. The second kappa shape index (κ2) is 17.1. The molecule has 14 nitrogen and oxygen atoms in total. The van der Waals surface area contributed by atoms with E-state index in [1.165, 1.54) is 6.92 Å². The van der Waals surface area contributed by atoms with Crippen LogP contribution in [0.25, 0.3) is 0 Å². The van der Waals surface area contributed by atoms with E-state index in [2.05, 4.69) is 20.9 Å². The zero-order valence-corrected chi connectivity index (χ0v) is 30.3. The third-order valence-corrected chi connectivity index (χ3v) is 8.30. The Balaban J connectivity index is 2.18. The number of carbonyl (C=O) groups is 5. The first-order chi connectivity index (χ1) is 22.2. The van der Waals surface area contributed by atoms with Gasteiger partial charge in [0.05, 0.1) is 5.69 Å². The number of benzene rings is 1. The number of nitrogens with one attached hydrogen (secondary N) is 3. The summed E-state index contributed by atoms with van der Waals surface area (Å²) in [4.78, 5) is 69.9. The topological polar surface area (TPSA) is 185 Å². The zero-order chi connectivity index (χ0) is 36.4. The Morgan fingerprint density at radius 2 is 1.42 bits per heavy atom. The van der Waals surface area contributed by atoms with Crippen molar-refractivity contribution in [3.8, 4) is 0 Å². The maximum atomic E-state index is 13.1. The molecule has 2 rings (SSSR count). The fourth-order valence-corrected chi connectivity index (χ4v) is 5.90. The molecule has 1 aromatic carbocycles. The first-order valence-electron chi connectivity index (χ1n) is 15.9. The van der Waals surface area contributed by atoms with E-state index in [4.69, 9.17) is 0 Å². The number of unbranched alkanes of at least 4 members (excludes halogenated alkanes) is 2. The van der Waals surface area contributed by atoms with Gasteiger partial charge in [0, 0.05) is 50.7 Å². The number of aromatic nitrogens is 1. The van der Waals surface area contributed by atoms with Crippen LogP contribution in [0.15, 0.2) is 24.3 Å². The number of amides is 5. The molecule has 0 fully saturated rings. The van der Waals surface area contributed by atoms with Crippen LogP contribution in [0.2, 0.25) is 0 Å². The van der Waals surface area contributed by atoms with E-state index in [-0.39, 0.29) is 17.7 Å². The first-order valence-corrected chi connectivity index (χ1v) is 16.7. The van der Waals surface area contributed by atoms with Gasteiger partial charge in [0.1, 0.15) is 4.88 Å². The molecule has 0 aliphatic carbocycles. The summed E-state index contributed by atoms with van der Waals surface area (Å²) in [7, 11) is 3.45. The number of thiazole rings is 1. The fraction of sp³-hybridized carbons (Fsp3) is 0.576. The second-order valence-corrected chi connectivity index (χ2v) is 14.7. The Labute approximate surface area is 286 Å². The van der Waals surface area contributed by atoms with Gasteiger partial charge in [0.25, 0.3) is 5.91 Å². The molecule has 1 heterocycles. The molecule has 0 aliphatic heterocycles. The van der Waals surface area contributed by atoms with Gasteiger partial charge in [-0.25, -0.2) is 14.6 Å². The number of carboxylic acid groups (broad SMARTS) is 2. The van der Waals surface area contributed by atoms with E-state index in [0.29, 0.717) is 47.2 Å². The fourth-order valence-electron chi connectivity index (χ4n) is 4.93. The van der Waals surface area contributed by atoms with Crippen LogP contribution in [0.5, 0.6) is 0 Å². The van der Waals surface area contributed by atoms with Gasteiger partial charge in [-0.15, -0.1) is 0 Å². The van der Waals surface area contributed by atoms with E-state index in [9.17, 15) is 34.2 Å². The van der Waals surface area contributed by atoms with Crippen LogP contribution in [0.1, 0.15) is 95.1 Å². The third kappa shape index (κ3) is 12.0. The number of aryl methyl sites for hydroxylation is 2. The van der Waals surface area contributed by atoms with E-state index < -0.39 is 29.6 Å². The minimum Gasteiger partial charge on any atom is -0.465 e. The van der Waals surface area contributed by atoms with E-state index >= 15 is 0 Å². The smallest absolute Gasteiger partial charge is 0.410 e. The maximum Gasteiger partial charge on any atom is 0.410 e. The second-order valence-electron chi connectivity index (χ2n) is 13.7. The Morgan fingerprint density at radius 1 is 0.854 bits per heavy atom. The number of carbonyl (C=O) groups excluding carboxylic acids is 3. The monoisotopic (exact) mass is 689 g/mol. The molecule has 48 heavy (non-hydrogen) atoms. The lowest BCUT2D eigenvalue weighted by Gasteiger charge is -2.48. The number of nitrogens with zero attached hydrogens (tertiary/aromatic N) is 4. The number of rotatable bonds is 15. The number of hydrogen-bond donors (Lipinski definition) is 5. The third-order valence-electron chi connectivity index (χ3n) is 7.29. The molecule has 0 atom stereocenters. The molecule has 15 heteroatoms. The van der Waals surface area contributed by atoms with Gasteiger partial charge in [0.15, 0.2) is 11.4 Å². The summed E-state index contributed by atoms with van der Waals surface area (Å²) in [5.41, 5.74) is 0.110. The minimum atomic E-state index is -1.27. The van der Waals surface area contributed by atoms with Crippen LogP contribution < -0.4 is 16.0 Å². The van der Waals surface area contributed by atoms with Crippen molar-refractivity contribution in [2.45, 2.75) is 104 Å². The van der Waals surface area contributed by atoms with E-state index in [1.54, 1.807) is 72.7 Å². The molecular weight excluding hydrogens is 638 g/mol. The van der Waals surface area contributed by atoms with Gasteiger partial charge in [0.2, 0.25) is 11.8 Å². The number of anilines is 2. The standard InChI is InChI=1S/C33H51N7O7S/c1-21(41)35-28-37-24(26(48-28)27(43)34-20-12-10-11-13-25(42)38(8)9)19-16-22-14-17-23(18-15-22)36-29(39(30(44)45)32(2,3)4)40(31(46)47)33(5,6)7/h14-15,17-18,29,36H,10-13,16,19-20H2,1-9H3,(H,34,43)(H,44,45)(H,46,47)(H,35,37,41). The van der Waals surface area contributed by atoms with Crippen LogP contribution in [0.3, 0.4) is 0 Å². The van der Waals surface area contributed by atoms with Crippen molar-refractivity contribution in [3.05, 3.63) is 40.4 Å². The molecule has 0 aliphatic rings. The average Bonchev–Trinajstić information content (AvgIpc) is 3.34. The summed E-state index contributed by atoms with van der Waals surface area (Å²) in [6.07, 6.45) is -0.122. The van der Waals surface area contributed by atoms with Crippen LogP contribution in [-0.4, -0.2) is 97.8 Å². The highest BCUT2D eigenvalue weighted by Gasteiger charge is 2.43. The van der Waals surface area contributed by atoms with Crippen molar-refractivity contribution in [1.82, 2.24) is 25.0 Å². The molecule has 0 bridgehead atoms. The highest BCUT2D eigenvalue weighted by atomic mass is 32.1. The van der Waals surface area contributed by atoms with Crippen molar-refractivity contribution >= 4 is 52.1 Å². The van der Waals surface area contributed by atoms with Crippen LogP contribution in [0, 0.1) is 0 Å². The highest BCUT2D eigenvalue weighted by Crippen LogP contribution is 2.28. The summed E-state index contributed by atoms with van der Waals surface area (Å²) in [6, 6.07) is 7.17. The summed E-state index contributed by atoms with van der Waals surface area (Å²) < 4.78 is 0. The van der Waals surface area contributed by atoms with E-state index in [1.807, 2.05) is 12.1 Å². The highest BCUT2D eigenvalue weighted by molar-refractivity contribution is 7.17. The summed E-state index contributed by atoms with van der Waals surface area (Å²) >= 11 is 1.11. The molecule has 0 unspecified atom stereocenters. The van der Waals surface area contributed by atoms with Gasteiger partial charge in [-0.2, -0.15) is 0 Å². The molecule has 0 spiro atoms. The molecule has 1 aromatic heterocycles. The largest absolute Gasteiger partial charge is 0.465 e. The summed E-state index contributed by atoms with van der Waals surface area (Å²) in [6.45, 7) is 12.0. The normalized spacial score (nSPS) is 11.5. The van der Waals surface area contributed by atoms with Gasteiger partial charge in [-0.1, -0.05) is 29.9 Å². The van der Waals surface area contributed by atoms with Crippen LogP contribution in [-0.2, 0) is 22.4 Å². The lowest BCUT2D eigenvalue weighted by molar-refractivity contribution is -0.128. The Hall–Kier alpha value is -4.40. The SMILES string of the molecule is CC(=O)Nc1nc(CCc2ccc(NC(N(C(=O)O)C(C)(C)C)N(C(=O)O)C(C)(C)C)cc2)c(C(=O)NCCCCCC(=O)N(C)C)s1. The lowest BCUT2D eigenvalue weighted by atomic mass is 10.0. The summed E-state index contributed by atoms with van der Waals surface area (Å²) in [5.74, 6) is -0.501. The quantitative estimate of drug-likeness (QED) is 0.119. The lowest BCUT2D eigenvalue weighted by Crippen LogP contribution is -2.66. The molecule has 0 radical (unpaired) electrons. The van der Waals surface area contributed by atoms with Gasteiger partial charge >= 0.3 is 12.2 Å². The van der Waals surface area contributed by atoms with Crippen LogP contribution >= 0.6 is 11.3 Å². The van der Waals surface area contributed by atoms with Gasteiger partial charge in [-0.05, 0) is 84.9 Å². The van der Waals surface area contributed by atoms with Gasteiger partial charge < -0.3 is 31.1 Å². The predicted octanol–water partition coefficient (Wildman–Crippen LogP) is 5.52. The minimum absolute atomic E-state index is 0.0738. The molecule has 5 N–H and O–H groups in total. The molecule has 0 saturated carbocycles. The van der Waals surface area contributed by atoms with Crippen molar-refractivity contribution in [2.24, 2.45) is 0 Å². The van der Waals surface area contributed by atoms with E-state index in [0.717, 1.165) is 46.0 Å². The Kier molecular flexibility index (Phi) is 14.2. The Morgan fingerprint density at radius 3 is 1.90 bits per heavy atom. The molecular formula is C33H51N7O7S. The van der Waals surface area contributed by atoms with Crippen molar-refractivity contribution < 1.29 is 34.2 Å². The van der Waals surface area contributed by atoms with Crippen molar-refractivity contribution in [2.75, 3.05) is 31.3 Å². The van der Waals surface area contributed by atoms with Crippen molar-refractivity contribution in [3.63, 3.8) is 0 Å².